The standard InChI is InChI=1S/C47H29N5O/c48-30-31-23-25-32(26-24-31)34-13-8-16-37(27-34)40-19-4-5-20-41(40)46-51-44(33-11-2-1-3-12-33)50-45(52-46)38-17-9-14-35(28-38)36-15-10-18-39(29-36)47-49-42-21-6-7-22-43(42)53-47/h1-29H. The third-order valence-electron chi connectivity index (χ3n) is 9.21. The van der Waals surface area contributed by atoms with Gasteiger partial charge in [-0.25, -0.2) is 19.9 Å². The maximum absolute atomic E-state index is 9.28. The molecule has 248 valence electrons. The summed E-state index contributed by atoms with van der Waals surface area (Å²) in [6, 6.07) is 60.8. The lowest BCUT2D eigenvalue weighted by Gasteiger charge is -2.13. The number of fused-ring (bicyclic) bond motifs is 1. The van der Waals surface area contributed by atoms with Crippen LogP contribution in [0.25, 0.3) is 90.1 Å². The summed E-state index contributed by atoms with van der Waals surface area (Å²) >= 11 is 0. The van der Waals surface area contributed by atoms with Crippen LogP contribution in [0.4, 0.5) is 0 Å². The fourth-order valence-electron chi connectivity index (χ4n) is 6.54. The first-order valence-electron chi connectivity index (χ1n) is 17.3. The lowest BCUT2D eigenvalue weighted by molar-refractivity contribution is 0.620. The molecule has 0 bridgehead atoms. The van der Waals surface area contributed by atoms with Crippen molar-refractivity contribution in [2.24, 2.45) is 0 Å². The average Bonchev–Trinajstić information content (AvgIpc) is 3.69. The molecule has 0 atom stereocenters. The van der Waals surface area contributed by atoms with Crippen LogP contribution in [0.1, 0.15) is 5.56 Å². The fourth-order valence-corrected chi connectivity index (χ4v) is 6.54. The normalized spacial score (nSPS) is 11.0. The number of aromatic nitrogens is 4. The second-order valence-electron chi connectivity index (χ2n) is 12.6. The quantitative estimate of drug-likeness (QED) is 0.167. The van der Waals surface area contributed by atoms with Gasteiger partial charge in [0.2, 0.25) is 5.89 Å². The Morgan fingerprint density at radius 3 is 1.64 bits per heavy atom. The van der Waals surface area contributed by atoms with Gasteiger partial charge in [0.05, 0.1) is 11.6 Å². The van der Waals surface area contributed by atoms with Gasteiger partial charge < -0.3 is 4.42 Å². The molecule has 7 aromatic carbocycles. The van der Waals surface area contributed by atoms with E-state index in [0.717, 1.165) is 66.7 Å². The molecule has 9 rings (SSSR count). The molecule has 0 aliphatic carbocycles. The monoisotopic (exact) mass is 679 g/mol. The number of hydrogen-bond acceptors (Lipinski definition) is 6. The Labute approximate surface area is 306 Å². The fraction of sp³-hybridized carbons (Fsp3) is 0. The van der Waals surface area contributed by atoms with E-state index in [0.29, 0.717) is 28.9 Å². The molecule has 0 aliphatic rings. The van der Waals surface area contributed by atoms with Crippen molar-refractivity contribution in [3.05, 3.63) is 181 Å². The van der Waals surface area contributed by atoms with Gasteiger partial charge in [0.25, 0.3) is 0 Å². The average molecular weight is 680 g/mol. The van der Waals surface area contributed by atoms with Crippen LogP contribution in [0.3, 0.4) is 0 Å². The number of benzene rings is 7. The summed E-state index contributed by atoms with van der Waals surface area (Å²) in [6.07, 6.45) is 0. The summed E-state index contributed by atoms with van der Waals surface area (Å²) in [4.78, 5) is 19.9. The molecular weight excluding hydrogens is 651 g/mol. The van der Waals surface area contributed by atoms with E-state index >= 15 is 0 Å². The van der Waals surface area contributed by atoms with Gasteiger partial charge in [-0.3, -0.25) is 0 Å². The Morgan fingerprint density at radius 2 is 0.906 bits per heavy atom. The molecule has 6 nitrogen and oxygen atoms in total. The predicted octanol–water partition coefficient (Wildman–Crippen LogP) is 11.6. The summed E-state index contributed by atoms with van der Waals surface area (Å²) in [7, 11) is 0. The van der Waals surface area contributed by atoms with Crippen LogP contribution in [0.2, 0.25) is 0 Å². The van der Waals surface area contributed by atoms with Crippen molar-refractivity contribution < 1.29 is 4.42 Å². The topological polar surface area (TPSA) is 88.5 Å². The SMILES string of the molecule is N#Cc1ccc(-c2cccc(-c3ccccc3-c3nc(-c4ccccc4)nc(-c4cccc(-c5cccc(-c6nc7ccccc7o6)c5)c4)n3)c2)cc1. The van der Waals surface area contributed by atoms with Crippen molar-refractivity contribution in [2.45, 2.75) is 0 Å². The smallest absolute Gasteiger partial charge is 0.227 e. The highest BCUT2D eigenvalue weighted by atomic mass is 16.3. The predicted molar refractivity (Wildman–Crippen MR) is 210 cm³/mol. The zero-order valence-electron chi connectivity index (χ0n) is 28.4. The van der Waals surface area contributed by atoms with Gasteiger partial charge in [-0.15, -0.1) is 0 Å². The van der Waals surface area contributed by atoms with Crippen molar-refractivity contribution >= 4 is 11.1 Å². The zero-order valence-corrected chi connectivity index (χ0v) is 28.4. The molecule has 53 heavy (non-hydrogen) atoms. The Morgan fingerprint density at radius 1 is 0.377 bits per heavy atom. The van der Waals surface area contributed by atoms with E-state index in [4.69, 9.17) is 24.4 Å². The van der Waals surface area contributed by atoms with Crippen molar-refractivity contribution in [3.63, 3.8) is 0 Å². The molecule has 6 heteroatoms. The van der Waals surface area contributed by atoms with Crippen molar-refractivity contribution in [1.82, 2.24) is 19.9 Å². The van der Waals surface area contributed by atoms with Crippen molar-refractivity contribution in [2.75, 3.05) is 0 Å². The number of nitrogens with zero attached hydrogens (tertiary/aromatic N) is 5. The molecular formula is C47H29N5O. The highest BCUT2D eigenvalue weighted by molar-refractivity contribution is 5.84. The number of nitriles is 1. The molecule has 0 amide bonds. The molecule has 0 saturated carbocycles. The van der Waals surface area contributed by atoms with Gasteiger partial charge in [-0.1, -0.05) is 127 Å². The molecule has 0 fully saturated rings. The minimum atomic E-state index is 0.576. The summed E-state index contributed by atoms with van der Waals surface area (Å²) in [6.45, 7) is 0. The third kappa shape index (κ3) is 6.35. The summed E-state index contributed by atoms with van der Waals surface area (Å²) in [5.41, 5.74) is 12.0. The van der Waals surface area contributed by atoms with Crippen LogP contribution in [0.5, 0.6) is 0 Å². The highest BCUT2D eigenvalue weighted by Gasteiger charge is 2.17. The molecule has 0 unspecified atom stereocenters. The summed E-state index contributed by atoms with van der Waals surface area (Å²) < 4.78 is 6.08. The van der Waals surface area contributed by atoms with Gasteiger partial charge in [-0.2, -0.15) is 5.26 Å². The Bertz CT molecular complexity index is 2770. The minimum absolute atomic E-state index is 0.576. The molecule has 0 spiro atoms. The molecule has 9 aromatic rings. The largest absolute Gasteiger partial charge is 0.436 e. The first kappa shape index (κ1) is 31.5. The van der Waals surface area contributed by atoms with E-state index in [1.807, 2.05) is 115 Å². The van der Waals surface area contributed by atoms with Gasteiger partial charge in [0.15, 0.2) is 23.1 Å². The van der Waals surface area contributed by atoms with E-state index in [1.54, 1.807) is 0 Å². The van der Waals surface area contributed by atoms with E-state index in [-0.39, 0.29) is 0 Å². The maximum atomic E-state index is 9.28. The van der Waals surface area contributed by atoms with Gasteiger partial charge in [-0.05, 0) is 81.9 Å². The number of para-hydroxylation sites is 2. The first-order chi connectivity index (χ1) is 26.2. The minimum Gasteiger partial charge on any atom is -0.436 e. The van der Waals surface area contributed by atoms with Crippen molar-refractivity contribution in [3.8, 4) is 85.1 Å². The van der Waals surface area contributed by atoms with E-state index < -0.39 is 0 Å². The second-order valence-corrected chi connectivity index (χ2v) is 12.6. The summed E-state index contributed by atoms with van der Waals surface area (Å²) in [5, 5.41) is 9.28. The first-order valence-corrected chi connectivity index (χ1v) is 17.3. The van der Waals surface area contributed by atoms with Crippen LogP contribution in [-0.4, -0.2) is 19.9 Å². The van der Waals surface area contributed by atoms with Crippen LogP contribution >= 0.6 is 0 Å². The third-order valence-corrected chi connectivity index (χ3v) is 9.21. The van der Waals surface area contributed by atoms with Crippen LogP contribution < -0.4 is 0 Å². The molecule has 0 saturated heterocycles. The molecule has 0 aliphatic heterocycles. The van der Waals surface area contributed by atoms with Gasteiger partial charge >= 0.3 is 0 Å². The molecule has 2 aromatic heterocycles. The van der Waals surface area contributed by atoms with Gasteiger partial charge in [0.1, 0.15) is 5.52 Å². The number of oxazole rings is 1. The Balaban J connectivity index is 1.13. The zero-order chi connectivity index (χ0) is 35.6. The molecule has 0 radical (unpaired) electrons. The lowest BCUT2D eigenvalue weighted by Crippen LogP contribution is -2.01. The number of hydrogen-bond donors (Lipinski definition) is 0. The van der Waals surface area contributed by atoms with Gasteiger partial charge in [0, 0.05) is 22.3 Å². The second kappa shape index (κ2) is 13.7. The Kier molecular flexibility index (Phi) is 8.12. The van der Waals surface area contributed by atoms with Crippen molar-refractivity contribution in [1.29, 1.82) is 5.26 Å². The molecule has 2 heterocycles. The highest BCUT2D eigenvalue weighted by Crippen LogP contribution is 2.35. The maximum Gasteiger partial charge on any atom is 0.227 e. The number of rotatable bonds is 7. The van der Waals surface area contributed by atoms with E-state index in [9.17, 15) is 5.26 Å². The van der Waals surface area contributed by atoms with Crippen LogP contribution in [-0.2, 0) is 0 Å². The van der Waals surface area contributed by atoms with Crippen LogP contribution in [0.15, 0.2) is 180 Å². The Hall–Kier alpha value is -7.49. The summed E-state index contributed by atoms with van der Waals surface area (Å²) in [5.74, 6) is 2.33. The molecule has 0 N–H and O–H groups in total. The van der Waals surface area contributed by atoms with E-state index in [1.165, 1.54) is 0 Å². The van der Waals surface area contributed by atoms with E-state index in [2.05, 4.69) is 66.7 Å². The lowest BCUT2D eigenvalue weighted by atomic mass is 9.95. The van der Waals surface area contributed by atoms with Crippen LogP contribution in [0, 0.1) is 11.3 Å².